The number of primary amides is 1. The Kier molecular flexibility index (Phi) is 4.36. The standard InChI is InChI=1S/C20H19ClN4O2/c1-27-16-9-5-2-6-13(16)12-17-23-19(20(10-11-20)18(22)26)25(24-17)15-8-4-3-7-14(15)21/h2-9H,10-12H2,1H3,(H2,22,26). The van der Waals surface area contributed by atoms with Gasteiger partial charge in [0.25, 0.3) is 0 Å². The number of benzene rings is 2. The van der Waals surface area contributed by atoms with Crippen molar-refractivity contribution in [3.63, 3.8) is 0 Å². The smallest absolute Gasteiger partial charge is 0.231 e. The number of carbonyl (C=O) groups is 1. The van der Waals surface area contributed by atoms with Gasteiger partial charge in [0.05, 0.1) is 17.8 Å². The van der Waals surface area contributed by atoms with E-state index in [1.165, 1.54) is 0 Å². The molecule has 138 valence electrons. The van der Waals surface area contributed by atoms with Gasteiger partial charge in [0.1, 0.15) is 17.0 Å². The zero-order valence-corrected chi connectivity index (χ0v) is 15.6. The maximum atomic E-state index is 12.1. The summed E-state index contributed by atoms with van der Waals surface area (Å²) in [6, 6.07) is 15.1. The zero-order chi connectivity index (χ0) is 19.0. The van der Waals surface area contributed by atoms with Gasteiger partial charge in [-0.1, -0.05) is 41.9 Å². The van der Waals surface area contributed by atoms with Gasteiger partial charge in [-0.2, -0.15) is 5.10 Å². The summed E-state index contributed by atoms with van der Waals surface area (Å²) in [4.78, 5) is 16.8. The monoisotopic (exact) mass is 382 g/mol. The van der Waals surface area contributed by atoms with Crippen LogP contribution in [0.15, 0.2) is 48.5 Å². The summed E-state index contributed by atoms with van der Waals surface area (Å²) >= 11 is 6.37. The maximum Gasteiger partial charge on any atom is 0.231 e. The lowest BCUT2D eigenvalue weighted by molar-refractivity contribution is -0.120. The number of nitrogens with zero attached hydrogens (tertiary/aromatic N) is 3. The lowest BCUT2D eigenvalue weighted by atomic mass is 10.1. The highest BCUT2D eigenvalue weighted by Crippen LogP contribution is 2.48. The molecular weight excluding hydrogens is 364 g/mol. The van der Waals surface area contributed by atoms with E-state index in [2.05, 4.69) is 5.10 Å². The number of amides is 1. The van der Waals surface area contributed by atoms with Crippen molar-refractivity contribution in [2.75, 3.05) is 7.11 Å². The molecule has 0 bridgehead atoms. The molecule has 7 heteroatoms. The fourth-order valence-corrected chi connectivity index (χ4v) is 3.47. The summed E-state index contributed by atoms with van der Waals surface area (Å²) in [6.45, 7) is 0. The van der Waals surface area contributed by atoms with Gasteiger partial charge in [0.2, 0.25) is 5.91 Å². The molecule has 1 saturated carbocycles. The lowest BCUT2D eigenvalue weighted by Gasteiger charge is -2.13. The average molecular weight is 383 g/mol. The van der Waals surface area contributed by atoms with Gasteiger partial charge in [-0.25, -0.2) is 9.67 Å². The predicted octanol–water partition coefficient (Wildman–Crippen LogP) is 3.04. The molecule has 27 heavy (non-hydrogen) atoms. The number of methoxy groups -OCH3 is 1. The molecular formula is C20H19ClN4O2. The normalized spacial score (nSPS) is 14.7. The molecule has 0 spiro atoms. The quantitative estimate of drug-likeness (QED) is 0.710. The fourth-order valence-electron chi connectivity index (χ4n) is 3.26. The van der Waals surface area contributed by atoms with E-state index in [-0.39, 0.29) is 5.91 Å². The molecule has 1 aromatic heterocycles. The fraction of sp³-hybridized carbons (Fsp3) is 0.250. The van der Waals surface area contributed by atoms with E-state index in [9.17, 15) is 4.79 Å². The van der Waals surface area contributed by atoms with E-state index in [0.717, 1.165) is 11.3 Å². The van der Waals surface area contributed by atoms with Crippen molar-refractivity contribution in [1.29, 1.82) is 0 Å². The van der Waals surface area contributed by atoms with Gasteiger partial charge >= 0.3 is 0 Å². The van der Waals surface area contributed by atoms with Crippen LogP contribution in [0.2, 0.25) is 5.02 Å². The number of ether oxygens (including phenoxy) is 1. The predicted molar refractivity (Wildman–Crippen MR) is 102 cm³/mol. The molecule has 3 aromatic rings. The van der Waals surface area contributed by atoms with Gasteiger partial charge in [-0.05, 0) is 31.0 Å². The minimum Gasteiger partial charge on any atom is -0.496 e. The lowest BCUT2D eigenvalue weighted by Crippen LogP contribution is -2.31. The van der Waals surface area contributed by atoms with E-state index < -0.39 is 5.41 Å². The number of carbonyl (C=O) groups excluding carboxylic acids is 1. The Hall–Kier alpha value is -2.86. The van der Waals surface area contributed by atoms with Crippen LogP contribution < -0.4 is 10.5 Å². The molecule has 2 aromatic carbocycles. The molecule has 2 N–H and O–H groups in total. The second kappa shape index (κ2) is 6.70. The Bertz CT molecular complexity index is 1010. The minimum atomic E-state index is -0.773. The highest BCUT2D eigenvalue weighted by molar-refractivity contribution is 6.32. The molecule has 1 fully saturated rings. The van der Waals surface area contributed by atoms with Crippen LogP contribution in [0.3, 0.4) is 0 Å². The molecule has 0 unspecified atom stereocenters. The number of hydrogen-bond acceptors (Lipinski definition) is 4. The highest BCUT2D eigenvalue weighted by Gasteiger charge is 2.54. The van der Waals surface area contributed by atoms with Crippen LogP contribution in [0.25, 0.3) is 5.69 Å². The van der Waals surface area contributed by atoms with Crippen molar-refractivity contribution in [3.8, 4) is 11.4 Å². The maximum absolute atomic E-state index is 12.1. The molecule has 1 aliphatic rings. The Morgan fingerprint density at radius 2 is 1.93 bits per heavy atom. The van der Waals surface area contributed by atoms with Crippen molar-refractivity contribution < 1.29 is 9.53 Å². The van der Waals surface area contributed by atoms with Gasteiger partial charge in [0, 0.05) is 12.0 Å². The van der Waals surface area contributed by atoms with Gasteiger partial charge in [-0.15, -0.1) is 0 Å². The second-order valence-electron chi connectivity index (χ2n) is 6.65. The molecule has 0 saturated heterocycles. The Balaban J connectivity index is 1.81. The molecule has 6 nitrogen and oxygen atoms in total. The van der Waals surface area contributed by atoms with Gasteiger partial charge < -0.3 is 10.5 Å². The highest BCUT2D eigenvalue weighted by atomic mass is 35.5. The minimum absolute atomic E-state index is 0.382. The van der Waals surface area contributed by atoms with E-state index in [1.54, 1.807) is 17.9 Å². The second-order valence-corrected chi connectivity index (χ2v) is 7.06. The number of rotatable bonds is 6. The number of aromatic nitrogens is 3. The van der Waals surface area contributed by atoms with Crippen LogP contribution in [0.1, 0.15) is 30.1 Å². The summed E-state index contributed by atoms with van der Waals surface area (Å²) in [5.74, 6) is 1.52. The third kappa shape index (κ3) is 3.06. The van der Waals surface area contributed by atoms with Gasteiger partial charge in [0.15, 0.2) is 5.82 Å². The average Bonchev–Trinajstić information content (AvgIpc) is 3.38. The zero-order valence-electron chi connectivity index (χ0n) is 14.9. The van der Waals surface area contributed by atoms with Crippen molar-refractivity contribution in [2.24, 2.45) is 5.73 Å². The molecule has 1 heterocycles. The summed E-state index contributed by atoms with van der Waals surface area (Å²) in [5, 5.41) is 5.19. The third-order valence-corrected chi connectivity index (χ3v) is 5.24. The Morgan fingerprint density at radius 1 is 1.22 bits per heavy atom. The summed E-state index contributed by atoms with van der Waals surface area (Å²) in [5.41, 5.74) is 6.56. The van der Waals surface area contributed by atoms with Crippen LogP contribution in [0.4, 0.5) is 0 Å². The number of halogens is 1. The molecule has 4 rings (SSSR count). The molecule has 0 radical (unpaired) electrons. The Morgan fingerprint density at radius 3 is 2.59 bits per heavy atom. The van der Waals surface area contributed by atoms with Crippen molar-refractivity contribution in [3.05, 3.63) is 70.8 Å². The number of hydrogen-bond donors (Lipinski definition) is 1. The third-order valence-electron chi connectivity index (χ3n) is 4.92. The molecule has 1 aliphatic carbocycles. The van der Waals surface area contributed by atoms with Crippen LogP contribution in [-0.4, -0.2) is 27.8 Å². The summed E-state index contributed by atoms with van der Waals surface area (Å²) < 4.78 is 7.08. The number of nitrogens with two attached hydrogens (primary N) is 1. The SMILES string of the molecule is COc1ccccc1Cc1nc(C2(C(N)=O)CC2)n(-c2ccccc2Cl)n1. The van der Waals surface area contributed by atoms with Crippen LogP contribution in [0, 0.1) is 0 Å². The van der Waals surface area contributed by atoms with E-state index in [0.29, 0.717) is 41.6 Å². The summed E-state index contributed by atoms with van der Waals surface area (Å²) in [6.07, 6.45) is 1.81. The van der Waals surface area contributed by atoms with Crippen LogP contribution in [0.5, 0.6) is 5.75 Å². The first-order valence-corrected chi connectivity index (χ1v) is 9.06. The first-order valence-electron chi connectivity index (χ1n) is 8.68. The summed E-state index contributed by atoms with van der Waals surface area (Å²) in [7, 11) is 1.63. The number of para-hydroxylation sites is 2. The first-order chi connectivity index (χ1) is 13.0. The molecule has 1 amide bonds. The largest absolute Gasteiger partial charge is 0.496 e. The molecule has 0 atom stereocenters. The van der Waals surface area contributed by atoms with E-state index in [1.807, 2.05) is 42.5 Å². The van der Waals surface area contributed by atoms with Crippen LogP contribution >= 0.6 is 11.6 Å². The Labute approximate surface area is 161 Å². The van der Waals surface area contributed by atoms with Gasteiger partial charge in [-0.3, -0.25) is 4.79 Å². The molecule has 0 aliphatic heterocycles. The van der Waals surface area contributed by atoms with E-state index in [4.69, 9.17) is 27.1 Å². The first kappa shape index (κ1) is 17.5. The van der Waals surface area contributed by atoms with Crippen molar-refractivity contribution in [1.82, 2.24) is 14.8 Å². The van der Waals surface area contributed by atoms with Crippen molar-refractivity contribution in [2.45, 2.75) is 24.7 Å². The van der Waals surface area contributed by atoms with Crippen molar-refractivity contribution >= 4 is 17.5 Å². The van der Waals surface area contributed by atoms with E-state index >= 15 is 0 Å². The topological polar surface area (TPSA) is 83.0 Å². The van der Waals surface area contributed by atoms with Crippen LogP contribution in [-0.2, 0) is 16.6 Å².